The highest BCUT2D eigenvalue weighted by molar-refractivity contribution is 7.84. The second kappa shape index (κ2) is 8.66. The lowest BCUT2D eigenvalue weighted by molar-refractivity contribution is -0.576. The van der Waals surface area contributed by atoms with Crippen LogP contribution in [0.1, 0.15) is 66.2 Å². The highest BCUT2D eigenvalue weighted by Gasteiger charge is 2.70. The second-order valence-corrected chi connectivity index (χ2v) is 12.5. The molecule has 4 heterocycles. The summed E-state index contributed by atoms with van der Waals surface area (Å²) in [6.45, 7) is 8.57. The van der Waals surface area contributed by atoms with E-state index in [1.54, 1.807) is 24.5 Å². The van der Waals surface area contributed by atoms with Crippen molar-refractivity contribution in [1.82, 2.24) is 0 Å². The second-order valence-electron chi connectivity index (χ2n) is 11.2. The van der Waals surface area contributed by atoms with Crippen LogP contribution in [-0.2, 0) is 34.8 Å². The summed E-state index contributed by atoms with van der Waals surface area (Å²) >= 11 is 0. The van der Waals surface area contributed by atoms with Crippen LogP contribution in [0.3, 0.4) is 0 Å². The van der Waals surface area contributed by atoms with E-state index in [4.69, 9.17) is 19.2 Å². The topological polar surface area (TPSA) is 83.1 Å². The van der Waals surface area contributed by atoms with Gasteiger partial charge in [0.05, 0.1) is 5.60 Å². The molecule has 34 heavy (non-hydrogen) atoms. The molecule has 4 aliphatic heterocycles. The Hall–Kier alpha value is -1.32. The van der Waals surface area contributed by atoms with Gasteiger partial charge in [0, 0.05) is 46.4 Å². The number of benzene rings is 1. The number of ether oxygens (including phenoxy) is 2. The van der Waals surface area contributed by atoms with Gasteiger partial charge in [-0.15, -0.1) is 0 Å². The molecule has 1 aliphatic carbocycles. The van der Waals surface area contributed by atoms with Gasteiger partial charge in [0.15, 0.2) is 11.9 Å². The molecule has 5 aliphatic rings. The van der Waals surface area contributed by atoms with Crippen molar-refractivity contribution in [3.8, 4) is 0 Å². The van der Waals surface area contributed by atoms with Crippen molar-refractivity contribution in [1.29, 1.82) is 0 Å². The van der Waals surface area contributed by atoms with Crippen molar-refractivity contribution < 1.29 is 28.3 Å². The molecule has 0 aromatic heterocycles. The van der Waals surface area contributed by atoms with Crippen LogP contribution < -0.4 is 5.32 Å². The third-order valence-electron chi connectivity index (χ3n) is 9.02. The third-order valence-corrected chi connectivity index (χ3v) is 9.93. The monoisotopic (exact) mass is 491 g/mol. The van der Waals surface area contributed by atoms with E-state index >= 15 is 0 Å². The van der Waals surface area contributed by atoms with Crippen molar-refractivity contribution in [3.63, 3.8) is 0 Å². The van der Waals surface area contributed by atoms with E-state index in [9.17, 15) is 9.00 Å². The van der Waals surface area contributed by atoms with Crippen LogP contribution in [0.25, 0.3) is 0 Å². The lowest BCUT2D eigenvalue weighted by Crippen LogP contribution is -2.72. The van der Waals surface area contributed by atoms with Crippen LogP contribution in [0.2, 0.25) is 0 Å². The maximum atomic E-state index is 12.8. The Labute approximate surface area is 204 Å². The number of hydrogen-bond donors (Lipinski definition) is 1. The average Bonchev–Trinajstić information content (AvgIpc) is 3.02. The van der Waals surface area contributed by atoms with Crippen LogP contribution in [0, 0.1) is 23.7 Å². The van der Waals surface area contributed by atoms with Gasteiger partial charge in [0.2, 0.25) is 11.7 Å². The molecule has 4 saturated heterocycles. The maximum absolute atomic E-state index is 12.8. The molecule has 0 radical (unpaired) electrons. The maximum Gasteiger partial charge on any atom is 0.224 e. The highest BCUT2D eigenvalue weighted by Crippen LogP contribution is 2.62. The molecule has 7 nitrogen and oxygen atoms in total. The molecular weight excluding hydrogens is 454 g/mol. The lowest BCUT2D eigenvalue weighted by Gasteiger charge is -2.63. The van der Waals surface area contributed by atoms with Crippen LogP contribution in [0.15, 0.2) is 29.2 Å². The minimum Gasteiger partial charge on any atom is -0.343 e. The fourth-order valence-electron chi connectivity index (χ4n) is 6.79. The zero-order chi connectivity index (χ0) is 24.3. The predicted octanol–water partition coefficient (Wildman–Crippen LogP) is 4.78. The molecule has 9 atom stereocenters. The quantitative estimate of drug-likeness (QED) is 0.597. The molecule has 1 N–H and O–H groups in total. The molecule has 1 spiro atoms. The minimum atomic E-state index is -1.10. The van der Waals surface area contributed by atoms with E-state index in [-0.39, 0.29) is 17.7 Å². The molecule has 5 fully saturated rings. The predicted molar refractivity (Wildman–Crippen MR) is 128 cm³/mol. The van der Waals surface area contributed by atoms with Gasteiger partial charge in [0.25, 0.3) is 0 Å². The van der Waals surface area contributed by atoms with Crippen molar-refractivity contribution in [2.45, 2.75) is 94.4 Å². The first-order valence-corrected chi connectivity index (χ1v) is 14.1. The lowest BCUT2D eigenvalue weighted by atomic mass is 9.55. The Morgan fingerprint density at radius 1 is 1.12 bits per heavy atom. The number of carbonyl (C=O) groups is 1. The number of nitrogens with one attached hydrogen (secondary N) is 1. The van der Waals surface area contributed by atoms with E-state index in [2.05, 4.69) is 26.1 Å². The van der Waals surface area contributed by atoms with Gasteiger partial charge in [-0.05, 0) is 75.5 Å². The van der Waals surface area contributed by atoms with Crippen LogP contribution in [0.4, 0.5) is 5.69 Å². The van der Waals surface area contributed by atoms with E-state index in [0.717, 1.165) is 25.7 Å². The molecule has 2 unspecified atom stereocenters. The summed E-state index contributed by atoms with van der Waals surface area (Å²) in [5.74, 6) is 0.367. The van der Waals surface area contributed by atoms with E-state index in [1.807, 2.05) is 13.0 Å². The van der Waals surface area contributed by atoms with E-state index < -0.39 is 34.1 Å². The minimum absolute atomic E-state index is 0.0821. The number of rotatable bonds is 5. The SMILES string of the molecule is C[C@@H]1CC[C@H]2[C@@H](C)C(C)(CCC(=O)Nc3cccc(S(C)=O)c3)O[C@@H]3O[C@]4(C)CC[C@@H]1[C@]32OO4. The van der Waals surface area contributed by atoms with Gasteiger partial charge in [-0.25, -0.2) is 9.78 Å². The Bertz CT molecular complexity index is 988. The summed E-state index contributed by atoms with van der Waals surface area (Å²) in [6, 6.07) is 7.18. The van der Waals surface area contributed by atoms with Gasteiger partial charge >= 0.3 is 0 Å². The standard InChI is InChI=1S/C26H37NO6S/c1-16-9-10-21-17(2)24(3,13-12-22(28)27-18-7-6-8-19(15-18)34(5)29)30-23-26(21)20(16)11-14-25(4,31-23)32-33-26/h6-8,15-17,20-21,23H,9-14H2,1-5H3,(H,27,28)/t16-,17-,20+,21+,23-,24?,25+,26-,34?/m1/s1. The summed E-state index contributed by atoms with van der Waals surface area (Å²) in [5.41, 5.74) is -0.461. The number of carbonyl (C=O) groups excluding carboxylic acids is 1. The number of amides is 1. The molecule has 6 rings (SSSR count). The largest absolute Gasteiger partial charge is 0.343 e. The molecular formula is C26H37NO6S. The summed E-state index contributed by atoms with van der Waals surface area (Å²) < 4.78 is 25.0. The van der Waals surface area contributed by atoms with E-state index in [0.29, 0.717) is 35.3 Å². The molecule has 188 valence electrons. The number of fused-ring (bicyclic) bond motifs is 2. The average molecular weight is 492 g/mol. The molecule has 8 heteroatoms. The number of hydrogen-bond acceptors (Lipinski definition) is 6. The van der Waals surface area contributed by atoms with Crippen molar-refractivity contribution in [2.75, 3.05) is 11.6 Å². The number of anilines is 1. The van der Waals surface area contributed by atoms with Gasteiger partial charge < -0.3 is 14.8 Å². The van der Waals surface area contributed by atoms with Gasteiger partial charge in [-0.3, -0.25) is 9.00 Å². The van der Waals surface area contributed by atoms with Crippen molar-refractivity contribution in [3.05, 3.63) is 24.3 Å². The molecule has 1 amide bonds. The molecule has 1 saturated carbocycles. The summed E-state index contributed by atoms with van der Waals surface area (Å²) in [4.78, 5) is 25.7. The molecule has 2 bridgehead atoms. The fourth-order valence-corrected chi connectivity index (χ4v) is 7.35. The third kappa shape index (κ3) is 3.95. The Kier molecular flexibility index (Phi) is 6.21. The van der Waals surface area contributed by atoms with E-state index in [1.165, 1.54) is 0 Å². The first-order chi connectivity index (χ1) is 16.1. The Morgan fingerprint density at radius 3 is 2.68 bits per heavy atom. The smallest absolute Gasteiger partial charge is 0.224 e. The van der Waals surface area contributed by atoms with Crippen LogP contribution >= 0.6 is 0 Å². The first-order valence-electron chi connectivity index (χ1n) is 12.5. The van der Waals surface area contributed by atoms with Crippen molar-refractivity contribution in [2.24, 2.45) is 23.7 Å². The van der Waals surface area contributed by atoms with Gasteiger partial charge in [-0.2, -0.15) is 0 Å². The fraction of sp³-hybridized carbons (Fsp3) is 0.731. The Balaban J connectivity index is 1.33. The summed E-state index contributed by atoms with van der Waals surface area (Å²) in [6.07, 6.45) is 5.99. The molecule has 1 aromatic carbocycles. The van der Waals surface area contributed by atoms with Gasteiger partial charge in [-0.1, -0.05) is 19.9 Å². The van der Waals surface area contributed by atoms with Gasteiger partial charge in [0.1, 0.15) is 0 Å². The summed E-state index contributed by atoms with van der Waals surface area (Å²) in [7, 11) is -1.10. The van der Waals surface area contributed by atoms with Crippen molar-refractivity contribution >= 4 is 22.4 Å². The first kappa shape index (κ1) is 24.4. The molecule has 1 aromatic rings. The zero-order valence-electron chi connectivity index (χ0n) is 20.8. The normalized spacial score (nSPS) is 44.1. The van der Waals surface area contributed by atoms with Crippen LogP contribution in [-0.4, -0.2) is 39.7 Å². The highest BCUT2D eigenvalue weighted by atomic mass is 32.2. The summed E-state index contributed by atoms with van der Waals surface area (Å²) in [5, 5.41) is 2.95. The van der Waals surface area contributed by atoms with Crippen LogP contribution in [0.5, 0.6) is 0 Å². The Morgan fingerprint density at radius 2 is 1.91 bits per heavy atom. The zero-order valence-corrected chi connectivity index (χ0v) is 21.6.